The number of hydrogen-bond donors (Lipinski definition) is 1. The summed E-state index contributed by atoms with van der Waals surface area (Å²) in [5.74, 6) is -0.931. The fourth-order valence-electron chi connectivity index (χ4n) is 3.98. The van der Waals surface area contributed by atoms with Crippen LogP contribution in [0, 0.1) is 22.6 Å². The fraction of sp³-hybridized carbons (Fsp3) is 0.417. The molecule has 35 heavy (non-hydrogen) atoms. The van der Waals surface area contributed by atoms with Crippen molar-refractivity contribution in [3.8, 4) is 17.3 Å². The molecule has 186 valence electrons. The van der Waals surface area contributed by atoms with E-state index in [1.165, 1.54) is 6.07 Å². The number of benzene rings is 1. The summed E-state index contributed by atoms with van der Waals surface area (Å²) in [6, 6.07) is 4.69. The third kappa shape index (κ3) is 5.33. The first-order valence-electron chi connectivity index (χ1n) is 11.0. The zero-order chi connectivity index (χ0) is 25.8. The molecule has 1 fully saturated rings. The van der Waals surface area contributed by atoms with E-state index in [1.54, 1.807) is 16.8 Å². The van der Waals surface area contributed by atoms with Gasteiger partial charge in [-0.3, -0.25) is 4.98 Å². The number of sulfonamides is 1. The molecule has 0 unspecified atom stereocenters. The average Bonchev–Trinajstić information content (AvgIpc) is 3.56. The van der Waals surface area contributed by atoms with Crippen LogP contribution in [0.2, 0.25) is 0 Å². The Morgan fingerprint density at radius 1 is 1.20 bits per heavy atom. The molecule has 0 radical (unpaired) electrons. The van der Waals surface area contributed by atoms with Crippen LogP contribution in [-0.2, 0) is 29.3 Å². The van der Waals surface area contributed by atoms with Gasteiger partial charge in [0.15, 0.2) is 0 Å². The highest BCUT2D eigenvalue weighted by atomic mass is 32.2. The predicted octanol–water partition coefficient (Wildman–Crippen LogP) is 5.36. The minimum atomic E-state index is -4.85. The number of alkyl halides is 3. The highest BCUT2D eigenvalue weighted by Crippen LogP contribution is 2.39. The first kappa shape index (κ1) is 25.1. The molecule has 1 saturated carbocycles. The van der Waals surface area contributed by atoms with Gasteiger partial charge in [0.1, 0.15) is 11.9 Å². The van der Waals surface area contributed by atoms with E-state index in [9.17, 15) is 21.6 Å². The lowest BCUT2D eigenvalue weighted by atomic mass is 9.96. The molecule has 0 saturated heterocycles. The van der Waals surface area contributed by atoms with Crippen LogP contribution in [0.3, 0.4) is 0 Å². The molecule has 0 spiro atoms. The molecular formula is C24H24F4N4O2S. The second-order valence-corrected chi connectivity index (χ2v) is 12.0. The van der Waals surface area contributed by atoms with Crippen LogP contribution in [0.4, 0.5) is 17.6 Å². The number of nitrogens with one attached hydrogen (secondary N) is 1. The highest BCUT2D eigenvalue weighted by molar-refractivity contribution is 7.90. The van der Waals surface area contributed by atoms with Crippen molar-refractivity contribution in [2.75, 3.05) is 0 Å². The summed E-state index contributed by atoms with van der Waals surface area (Å²) in [6.07, 6.45) is -0.987. The Morgan fingerprint density at radius 3 is 2.46 bits per heavy atom. The topological polar surface area (TPSA) is 87.8 Å². The highest BCUT2D eigenvalue weighted by Gasteiger charge is 2.37. The predicted molar refractivity (Wildman–Crippen MR) is 123 cm³/mol. The minimum absolute atomic E-state index is 0.0613. The van der Waals surface area contributed by atoms with Gasteiger partial charge in [-0.2, -0.15) is 18.4 Å². The third-order valence-electron chi connectivity index (χ3n) is 5.70. The number of fused-ring (bicyclic) bond motifs is 1. The van der Waals surface area contributed by atoms with Crippen molar-refractivity contribution in [1.82, 2.24) is 14.3 Å². The molecule has 2 aromatic heterocycles. The Bertz CT molecular complexity index is 1440. The average molecular weight is 509 g/mol. The summed E-state index contributed by atoms with van der Waals surface area (Å²) in [7, 11) is -3.48. The van der Waals surface area contributed by atoms with Gasteiger partial charge >= 0.3 is 6.18 Å². The summed E-state index contributed by atoms with van der Waals surface area (Å²) < 4.78 is 85.4. The van der Waals surface area contributed by atoms with E-state index in [2.05, 4.69) is 9.71 Å². The maximum Gasteiger partial charge on any atom is 0.418 e. The number of rotatable bonds is 6. The van der Waals surface area contributed by atoms with Crippen LogP contribution in [0.15, 0.2) is 30.6 Å². The van der Waals surface area contributed by atoms with Gasteiger partial charge in [0.05, 0.1) is 22.1 Å². The number of aromatic nitrogens is 2. The van der Waals surface area contributed by atoms with Gasteiger partial charge < -0.3 is 4.57 Å². The Hall–Kier alpha value is -2.97. The van der Waals surface area contributed by atoms with Gasteiger partial charge in [-0.15, -0.1) is 0 Å². The van der Waals surface area contributed by atoms with Crippen LogP contribution in [0.5, 0.6) is 0 Å². The first-order chi connectivity index (χ1) is 16.2. The summed E-state index contributed by atoms with van der Waals surface area (Å²) in [5.41, 5.74) is -1.72. The van der Waals surface area contributed by atoms with E-state index in [0.29, 0.717) is 41.9 Å². The van der Waals surface area contributed by atoms with Crippen molar-refractivity contribution in [3.63, 3.8) is 0 Å². The first-order valence-corrected chi connectivity index (χ1v) is 12.5. The van der Waals surface area contributed by atoms with Gasteiger partial charge in [0, 0.05) is 41.9 Å². The van der Waals surface area contributed by atoms with Gasteiger partial charge in [-0.25, -0.2) is 17.5 Å². The van der Waals surface area contributed by atoms with Gasteiger partial charge in [-0.05, 0) is 42.0 Å². The molecule has 0 aliphatic heterocycles. The minimum Gasteiger partial charge on any atom is -0.347 e. The fourth-order valence-corrected chi connectivity index (χ4v) is 5.33. The molecular weight excluding hydrogens is 484 g/mol. The number of nitriles is 1. The summed E-state index contributed by atoms with van der Waals surface area (Å²) in [5, 5.41) is 8.97. The molecule has 0 amide bonds. The second-order valence-electron chi connectivity index (χ2n) is 9.99. The Kier molecular flexibility index (Phi) is 6.18. The molecule has 1 aliphatic rings. The van der Waals surface area contributed by atoms with E-state index in [-0.39, 0.29) is 23.1 Å². The summed E-state index contributed by atoms with van der Waals surface area (Å²) in [4.78, 5) is 3.78. The van der Waals surface area contributed by atoms with Crippen molar-refractivity contribution < 1.29 is 26.0 Å². The molecule has 4 rings (SSSR count). The lowest BCUT2D eigenvalue weighted by Crippen LogP contribution is -2.26. The Balaban J connectivity index is 1.87. The normalized spacial score (nSPS) is 14.9. The molecule has 2 heterocycles. The summed E-state index contributed by atoms with van der Waals surface area (Å²) in [6.45, 7) is 6.32. The molecule has 6 nitrogen and oxygen atoms in total. The van der Waals surface area contributed by atoms with Crippen LogP contribution < -0.4 is 4.72 Å². The number of nitrogens with zero attached hydrogens (tertiary/aromatic N) is 3. The van der Waals surface area contributed by atoms with Crippen LogP contribution in [-0.4, -0.2) is 23.2 Å². The van der Waals surface area contributed by atoms with E-state index < -0.39 is 38.5 Å². The lowest BCUT2D eigenvalue weighted by Gasteiger charge is -2.20. The Labute approximate surface area is 200 Å². The van der Waals surface area contributed by atoms with Crippen LogP contribution in [0.25, 0.3) is 22.2 Å². The quantitative estimate of drug-likeness (QED) is 0.454. The Morgan fingerprint density at radius 2 is 1.89 bits per heavy atom. The maximum absolute atomic E-state index is 15.3. The van der Waals surface area contributed by atoms with Gasteiger partial charge in [-0.1, -0.05) is 20.8 Å². The number of pyridine rings is 1. The number of halogens is 4. The zero-order valence-electron chi connectivity index (χ0n) is 19.4. The molecule has 1 aliphatic carbocycles. The lowest BCUT2D eigenvalue weighted by molar-refractivity contribution is -0.137. The van der Waals surface area contributed by atoms with Crippen molar-refractivity contribution >= 4 is 20.9 Å². The van der Waals surface area contributed by atoms with E-state index in [4.69, 9.17) is 5.26 Å². The smallest absolute Gasteiger partial charge is 0.347 e. The largest absolute Gasteiger partial charge is 0.418 e. The zero-order valence-corrected chi connectivity index (χ0v) is 20.2. The maximum atomic E-state index is 15.3. The van der Waals surface area contributed by atoms with Crippen molar-refractivity contribution in [2.45, 2.75) is 58.1 Å². The molecule has 11 heteroatoms. The molecule has 3 aromatic rings. The van der Waals surface area contributed by atoms with Crippen molar-refractivity contribution in [1.29, 1.82) is 5.26 Å². The van der Waals surface area contributed by atoms with Crippen LogP contribution in [0.1, 0.15) is 50.3 Å². The molecule has 1 aromatic carbocycles. The van der Waals surface area contributed by atoms with Crippen molar-refractivity contribution in [2.24, 2.45) is 5.41 Å². The van der Waals surface area contributed by atoms with E-state index in [1.807, 2.05) is 20.8 Å². The van der Waals surface area contributed by atoms with E-state index in [0.717, 1.165) is 12.3 Å². The molecule has 0 atom stereocenters. The standard InChI is InChI=1S/C24H24F4N4O2S/c1-23(2,3)13-32-12-15(11-31-35(33,34)16-4-5-16)17-7-20(25)18(8-21(17)32)22-19(24(26,27)28)6-14(9-29)10-30-22/h6-8,10,12,16,31H,4-5,11,13H2,1-3H3. The third-order valence-corrected chi connectivity index (χ3v) is 7.60. The van der Waals surface area contributed by atoms with Gasteiger partial charge in [0.25, 0.3) is 0 Å². The second kappa shape index (κ2) is 8.60. The van der Waals surface area contributed by atoms with Gasteiger partial charge in [0.2, 0.25) is 10.0 Å². The SMILES string of the molecule is CC(C)(C)Cn1cc(CNS(=O)(=O)C2CC2)c2cc(F)c(-c3ncc(C#N)cc3C(F)(F)F)cc21. The monoisotopic (exact) mass is 508 g/mol. The molecule has 1 N–H and O–H groups in total. The summed E-state index contributed by atoms with van der Waals surface area (Å²) >= 11 is 0. The molecule has 0 bridgehead atoms. The number of hydrogen-bond acceptors (Lipinski definition) is 4. The van der Waals surface area contributed by atoms with E-state index >= 15 is 4.39 Å². The van der Waals surface area contributed by atoms with Crippen LogP contribution >= 0.6 is 0 Å². The van der Waals surface area contributed by atoms with Crippen molar-refractivity contribution in [3.05, 3.63) is 53.1 Å².